The van der Waals surface area contributed by atoms with E-state index < -0.39 is 17.1 Å². The average molecular weight is 482 g/mol. The smallest absolute Gasteiger partial charge is 0.349 e. The molecule has 2 aliphatic heterocycles. The number of aliphatic imine (C=N–C) groups is 1. The molecule has 1 saturated carbocycles. The van der Waals surface area contributed by atoms with E-state index in [2.05, 4.69) is 20.3 Å². The largest absolute Gasteiger partial charge is 0.511 e. The summed E-state index contributed by atoms with van der Waals surface area (Å²) in [5.74, 6) is 0.552. The highest BCUT2D eigenvalue weighted by atomic mass is 32.2. The molecule has 0 spiro atoms. The molecule has 3 aliphatic rings. The van der Waals surface area contributed by atoms with Crippen molar-refractivity contribution in [3.8, 4) is 5.75 Å². The maximum absolute atomic E-state index is 13.1. The number of hydrogen-bond acceptors (Lipinski definition) is 8. The van der Waals surface area contributed by atoms with Crippen LogP contribution >= 0.6 is 11.8 Å². The molecule has 1 aromatic carbocycles. The number of nitrogens with one attached hydrogen (secondary N) is 1. The van der Waals surface area contributed by atoms with Gasteiger partial charge in [-0.15, -0.1) is 0 Å². The maximum atomic E-state index is 13.1. The summed E-state index contributed by atoms with van der Waals surface area (Å²) in [6, 6.07) is 7.84. The van der Waals surface area contributed by atoms with E-state index in [0.29, 0.717) is 12.8 Å². The molecule has 34 heavy (non-hydrogen) atoms. The fourth-order valence-electron chi connectivity index (χ4n) is 4.95. The summed E-state index contributed by atoms with van der Waals surface area (Å²) in [7, 11) is 1.63. The number of carbonyl (C=O) groups excluding carboxylic acids is 1. The zero-order chi connectivity index (χ0) is 23.7. The van der Waals surface area contributed by atoms with Crippen LogP contribution in [0.5, 0.6) is 5.75 Å². The minimum atomic E-state index is -0.760. The molecule has 10 heteroatoms. The van der Waals surface area contributed by atoms with Gasteiger partial charge in [-0.1, -0.05) is 25.0 Å². The van der Waals surface area contributed by atoms with Gasteiger partial charge in [-0.3, -0.25) is 9.78 Å². The van der Waals surface area contributed by atoms with Crippen LogP contribution < -0.4 is 15.6 Å². The number of fused-ring (bicyclic) bond motifs is 1. The van der Waals surface area contributed by atoms with Crippen LogP contribution in [0.15, 0.2) is 49.9 Å². The summed E-state index contributed by atoms with van der Waals surface area (Å²) in [4.78, 5) is 36.2. The van der Waals surface area contributed by atoms with Crippen molar-refractivity contribution in [1.82, 2.24) is 15.3 Å². The molecule has 177 valence electrons. The van der Waals surface area contributed by atoms with Crippen LogP contribution in [0.25, 0.3) is 0 Å². The second-order valence-corrected chi connectivity index (χ2v) is 9.75. The van der Waals surface area contributed by atoms with Crippen molar-refractivity contribution in [1.29, 1.82) is 0 Å². The Morgan fingerprint density at radius 3 is 2.71 bits per heavy atom. The molecule has 1 radical (unpaired) electrons. The number of aromatic nitrogens is 2. The second-order valence-electron chi connectivity index (χ2n) is 8.76. The molecule has 1 unspecified atom stereocenters. The number of hydrogen-bond donors (Lipinski definition) is 2. The van der Waals surface area contributed by atoms with Gasteiger partial charge in [0.15, 0.2) is 16.7 Å². The van der Waals surface area contributed by atoms with Gasteiger partial charge in [0.05, 0.1) is 7.11 Å². The van der Waals surface area contributed by atoms with Crippen molar-refractivity contribution in [3.05, 3.63) is 50.8 Å². The summed E-state index contributed by atoms with van der Waals surface area (Å²) in [5.41, 5.74) is 0.0363. The van der Waals surface area contributed by atoms with Crippen LogP contribution in [0.2, 0.25) is 0 Å². The molecule has 9 nitrogen and oxygen atoms in total. The van der Waals surface area contributed by atoms with Gasteiger partial charge in [0.2, 0.25) is 0 Å². The van der Waals surface area contributed by atoms with Crippen LogP contribution in [0.1, 0.15) is 44.1 Å². The molecule has 3 heterocycles. The van der Waals surface area contributed by atoms with Crippen molar-refractivity contribution < 1.29 is 19.4 Å². The van der Waals surface area contributed by atoms with Gasteiger partial charge in [-0.2, -0.15) is 0 Å². The van der Waals surface area contributed by atoms with Crippen LogP contribution in [0.4, 0.5) is 11.5 Å². The Morgan fingerprint density at radius 2 is 2.00 bits per heavy atom. The van der Waals surface area contributed by atoms with Gasteiger partial charge in [0.1, 0.15) is 28.4 Å². The molecule has 0 saturated heterocycles. The van der Waals surface area contributed by atoms with Crippen molar-refractivity contribution >= 4 is 35.6 Å². The van der Waals surface area contributed by atoms with E-state index in [1.807, 2.05) is 24.3 Å². The number of cyclic esters (lactones) is 1. The lowest BCUT2D eigenvalue weighted by Gasteiger charge is -2.41. The van der Waals surface area contributed by atoms with Gasteiger partial charge < -0.3 is 14.6 Å². The Bertz CT molecular complexity index is 1220. The Morgan fingerprint density at radius 1 is 1.24 bits per heavy atom. The quantitative estimate of drug-likeness (QED) is 0.451. The molecule has 0 bridgehead atoms. The van der Waals surface area contributed by atoms with E-state index >= 15 is 0 Å². The molecular weight excluding hydrogens is 456 g/mol. The van der Waals surface area contributed by atoms with E-state index in [1.165, 1.54) is 6.34 Å². The number of aromatic amines is 1. The summed E-state index contributed by atoms with van der Waals surface area (Å²) in [5, 5.41) is 15.0. The van der Waals surface area contributed by atoms with Crippen LogP contribution in [0.3, 0.4) is 0 Å². The summed E-state index contributed by atoms with van der Waals surface area (Å²) in [6.07, 6.45) is 6.93. The summed E-state index contributed by atoms with van der Waals surface area (Å²) in [6.45, 7) is 0. The third-order valence-corrected chi connectivity index (χ3v) is 7.72. The van der Waals surface area contributed by atoms with Crippen molar-refractivity contribution in [2.45, 2.75) is 55.7 Å². The highest BCUT2D eigenvalue weighted by Crippen LogP contribution is 2.47. The number of benzene rings is 1. The number of methoxy groups -OCH3 is 1. The van der Waals surface area contributed by atoms with Crippen LogP contribution in [0, 0.1) is 5.92 Å². The van der Waals surface area contributed by atoms with Gasteiger partial charge in [0, 0.05) is 6.42 Å². The second kappa shape index (κ2) is 9.17. The Balaban J connectivity index is 1.39. The van der Waals surface area contributed by atoms with Gasteiger partial charge >= 0.3 is 5.97 Å². The molecule has 5 rings (SSSR count). The minimum absolute atomic E-state index is 0.0285. The van der Waals surface area contributed by atoms with E-state index in [9.17, 15) is 14.7 Å². The standard InChI is InChI=1S/C24H25N4O5S/c1-32-16-8-6-14(7-9-16)10-11-24(15-4-2-3-5-15)12-17(29)19(22(31)33-24)34-23-27-20-18(21(30)28-23)25-13-26-20/h6-9,13,15,29H,2-5,10-12H2,1H3,(H,27,28,30). The van der Waals surface area contributed by atoms with E-state index in [0.717, 1.165) is 48.8 Å². The topological polar surface area (TPSA) is 128 Å². The number of esters is 1. The van der Waals surface area contributed by atoms with E-state index in [4.69, 9.17) is 9.47 Å². The molecule has 1 aromatic heterocycles. The predicted molar refractivity (Wildman–Crippen MR) is 127 cm³/mol. The fourth-order valence-corrected chi connectivity index (χ4v) is 5.73. The van der Waals surface area contributed by atoms with Crippen molar-refractivity contribution in [2.24, 2.45) is 10.9 Å². The van der Waals surface area contributed by atoms with Crippen molar-refractivity contribution in [2.75, 3.05) is 7.11 Å². The van der Waals surface area contributed by atoms with Crippen molar-refractivity contribution in [3.63, 3.8) is 0 Å². The Hall–Kier alpha value is -3.27. The first-order chi connectivity index (χ1) is 16.5. The first kappa shape index (κ1) is 22.5. The fraction of sp³-hybridized carbons (Fsp3) is 0.417. The Labute approximate surface area is 200 Å². The lowest BCUT2D eigenvalue weighted by Crippen LogP contribution is -2.45. The minimum Gasteiger partial charge on any atom is -0.511 e. The number of nitrogens with zero attached hydrogens (tertiary/aromatic N) is 3. The third kappa shape index (κ3) is 4.29. The lowest BCUT2D eigenvalue weighted by molar-refractivity contribution is -0.166. The summed E-state index contributed by atoms with van der Waals surface area (Å²) >= 11 is 0.882. The molecule has 1 aliphatic carbocycles. The highest BCUT2D eigenvalue weighted by molar-refractivity contribution is 8.03. The third-order valence-electron chi connectivity index (χ3n) is 6.73. The predicted octanol–water partition coefficient (Wildman–Crippen LogP) is 4.06. The number of rotatable bonds is 7. The van der Waals surface area contributed by atoms with Gasteiger partial charge in [-0.25, -0.2) is 20.1 Å². The highest BCUT2D eigenvalue weighted by Gasteiger charge is 2.48. The molecule has 2 aromatic rings. The SMILES string of the molecule is COc1ccc(CCC2(C3CCCC3)CC(O)=C(Sc3nc4c(c(=O)[nH]3)[N]C=N4)C(=O)O2)cc1. The number of ether oxygens (including phenoxy) is 2. The molecular formula is C24H25N4O5S. The summed E-state index contributed by atoms with van der Waals surface area (Å²) < 4.78 is 11.4. The lowest BCUT2D eigenvalue weighted by atomic mass is 9.77. The average Bonchev–Trinajstić information content (AvgIpc) is 3.53. The van der Waals surface area contributed by atoms with Crippen LogP contribution in [-0.4, -0.2) is 40.1 Å². The monoisotopic (exact) mass is 481 g/mol. The number of H-pyrrole nitrogens is 1. The molecule has 0 amide bonds. The number of aliphatic hydroxyl groups is 1. The maximum Gasteiger partial charge on any atom is 0.349 e. The van der Waals surface area contributed by atoms with Crippen LogP contribution in [-0.2, 0) is 16.0 Å². The Kier molecular flexibility index (Phi) is 6.07. The number of thioether (sulfide) groups is 1. The molecule has 1 fully saturated rings. The first-order valence-electron chi connectivity index (χ1n) is 11.3. The molecule has 2 N–H and O–H groups in total. The van der Waals surface area contributed by atoms with Gasteiger partial charge in [0.25, 0.3) is 5.56 Å². The number of aliphatic hydroxyl groups excluding tert-OH is 1. The van der Waals surface area contributed by atoms with Gasteiger partial charge in [-0.05, 0) is 61.1 Å². The normalized spacial score (nSPS) is 22.0. The molecule has 1 atom stereocenters. The zero-order valence-electron chi connectivity index (χ0n) is 18.7. The van der Waals surface area contributed by atoms with E-state index in [1.54, 1.807) is 7.11 Å². The number of carbonyl (C=O) groups is 1. The zero-order valence-corrected chi connectivity index (χ0v) is 19.6. The first-order valence-corrected chi connectivity index (χ1v) is 12.1. The number of aryl methyl sites for hydroxylation is 1. The van der Waals surface area contributed by atoms with E-state index in [-0.39, 0.29) is 39.7 Å².